The van der Waals surface area contributed by atoms with Gasteiger partial charge in [0.15, 0.2) is 6.10 Å². The smallest absolute Gasteiger partial charge is 0.266 e. The highest BCUT2D eigenvalue weighted by atomic mass is 35.5. The van der Waals surface area contributed by atoms with Crippen LogP contribution in [-0.2, 0) is 11.2 Å². The second-order valence-electron chi connectivity index (χ2n) is 4.02. The minimum absolute atomic E-state index is 0.202. The number of nitrogens with one attached hydrogen (secondary N) is 2. The number of halogens is 1. The van der Waals surface area contributed by atoms with Gasteiger partial charge in [0.2, 0.25) is 0 Å². The van der Waals surface area contributed by atoms with E-state index in [1.807, 2.05) is 6.07 Å². The van der Waals surface area contributed by atoms with E-state index in [2.05, 4.69) is 15.5 Å². The highest BCUT2D eigenvalue weighted by Gasteiger charge is 2.29. The van der Waals surface area contributed by atoms with E-state index in [4.69, 9.17) is 16.3 Å². The molecule has 6 heteroatoms. The molecule has 0 unspecified atom stereocenters. The van der Waals surface area contributed by atoms with Crippen molar-refractivity contribution in [3.8, 4) is 5.75 Å². The largest absolute Gasteiger partial charge is 0.480 e. The van der Waals surface area contributed by atoms with Crippen LogP contribution in [0.5, 0.6) is 5.75 Å². The molecule has 5 nitrogen and oxygen atoms in total. The molecular weight excluding hydrogens is 254 g/mol. The Labute approximate surface area is 108 Å². The number of aromatic amines is 1. The minimum atomic E-state index is -0.526. The summed E-state index contributed by atoms with van der Waals surface area (Å²) in [4.78, 5) is 11.9. The first kappa shape index (κ1) is 11.1. The van der Waals surface area contributed by atoms with Crippen molar-refractivity contribution in [1.29, 1.82) is 0 Å². The Balaban J connectivity index is 1.72. The molecule has 0 spiro atoms. The number of nitrogens with zero attached hydrogens (tertiary/aromatic N) is 1. The molecular formula is C12H10ClN3O2. The van der Waals surface area contributed by atoms with Crippen LogP contribution in [0.25, 0.3) is 0 Å². The van der Waals surface area contributed by atoms with E-state index in [9.17, 15) is 4.79 Å². The fourth-order valence-electron chi connectivity index (χ4n) is 1.90. The van der Waals surface area contributed by atoms with Crippen LogP contribution in [0.15, 0.2) is 30.5 Å². The molecule has 0 saturated heterocycles. The van der Waals surface area contributed by atoms with Crippen molar-refractivity contribution in [2.75, 3.05) is 5.32 Å². The third-order valence-electron chi connectivity index (χ3n) is 2.75. The summed E-state index contributed by atoms with van der Waals surface area (Å²) in [5.74, 6) is 1.06. The summed E-state index contributed by atoms with van der Waals surface area (Å²) in [7, 11) is 0. The lowest BCUT2D eigenvalue weighted by atomic mass is 10.1. The topological polar surface area (TPSA) is 67.0 Å². The molecule has 0 radical (unpaired) electrons. The Kier molecular flexibility index (Phi) is 2.68. The van der Waals surface area contributed by atoms with E-state index in [1.54, 1.807) is 24.4 Å². The van der Waals surface area contributed by atoms with Gasteiger partial charge >= 0.3 is 0 Å². The fourth-order valence-corrected chi connectivity index (χ4v) is 2.10. The fraction of sp³-hybridized carbons (Fsp3) is 0.167. The van der Waals surface area contributed by atoms with Gasteiger partial charge in [0, 0.05) is 17.5 Å². The van der Waals surface area contributed by atoms with E-state index in [0.717, 1.165) is 5.56 Å². The van der Waals surface area contributed by atoms with E-state index in [-0.39, 0.29) is 5.91 Å². The number of rotatable bonds is 2. The monoisotopic (exact) mass is 263 g/mol. The van der Waals surface area contributed by atoms with Gasteiger partial charge in [0.1, 0.15) is 11.6 Å². The Hall–Kier alpha value is -2.01. The molecule has 1 aromatic heterocycles. The van der Waals surface area contributed by atoms with Gasteiger partial charge in [-0.3, -0.25) is 9.89 Å². The molecule has 2 aromatic rings. The van der Waals surface area contributed by atoms with Crippen molar-refractivity contribution in [1.82, 2.24) is 10.2 Å². The van der Waals surface area contributed by atoms with E-state index in [1.165, 1.54) is 0 Å². The second kappa shape index (κ2) is 4.34. The lowest BCUT2D eigenvalue weighted by Crippen LogP contribution is -2.31. The molecule has 92 valence electrons. The summed E-state index contributed by atoms with van der Waals surface area (Å²) in [6, 6.07) is 7.02. The zero-order valence-electron chi connectivity index (χ0n) is 9.31. The van der Waals surface area contributed by atoms with Crippen LogP contribution in [-0.4, -0.2) is 22.2 Å². The summed E-state index contributed by atoms with van der Waals surface area (Å²) in [5.41, 5.74) is 0.951. The van der Waals surface area contributed by atoms with Crippen molar-refractivity contribution >= 4 is 23.3 Å². The standard InChI is InChI=1S/C12H10ClN3O2/c13-8-1-2-9-7(5-8)6-10(18-9)12(17)15-11-3-4-14-16-11/h1-5,10H,6H2,(H2,14,15,16,17)/t10-/m1/s1. The second-order valence-corrected chi connectivity index (χ2v) is 4.46. The first-order chi connectivity index (χ1) is 8.72. The molecule has 0 bridgehead atoms. The highest BCUT2D eigenvalue weighted by molar-refractivity contribution is 6.30. The van der Waals surface area contributed by atoms with Crippen LogP contribution in [0.3, 0.4) is 0 Å². The van der Waals surface area contributed by atoms with Crippen LogP contribution < -0.4 is 10.1 Å². The van der Waals surface area contributed by atoms with Gasteiger partial charge in [-0.15, -0.1) is 0 Å². The van der Waals surface area contributed by atoms with Crippen molar-refractivity contribution in [2.45, 2.75) is 12.5 Å². The van der Waals surface area contributed by atoms with Crippen LogP contribution >= 0.6 is 11.6 Å². The number of fused-ring (bicyclic) bond motifs is 1. The maximum Gasteiger partial charge on any atom is 0.266 e. The predicted octanol–water partition coefficient (Wildman–Crippen LogP) is 2.01. The first-order valence-corrected chi connectivity index (χ1v) is 5.85. The third kappa shape index (κ3) is 2.04. The SMILES string of the molecule is O=C(Nc1ccn[nH]1)[C@H]1Cc2cc(Cl)ccc2O1. The highest BCUT2D eigenvalue weighted by Crippen LogP contribution is 2.31. The zero-order chi connectivity index (χ0) is 12.5. The van der Waals surface area contributed by atoms with Gasteiger partial charge in [0.05, 0.1) is 6.20 Å². The number of ether oxygens (including phenoxy) is 1. The quantitative estimate of drug-likeness (QED) is 0.871. The van der Waals surface area contributed by atoms with Crippen molar-refractivity contribution < 1.29 is 9.53 Å². The van der Waals surface area contributed by atoms with Gasteiger partial charge < -0.3 is 10.1 Å². The van der Waals surface area contributed by atoms with E-state index in [0.29, 0.717) is 23.0 Å². The number of amides is 1. The summed E-state index contributed by atoms with van der Waals surface area (Å²) >= 11 is 5.90. The summed E-state index contributed by atoms with van der Waals surface area (Å²) in [6.45, 7) is 0. The Bertz CT molecular complexity index is 583. The molecule has 2 heterocycles. The maximum absolute atomic E-state index is 11.9. The average Bonchev–Trinajstić information content (AvgIpc) is 2.96. The van der Waals surface area contributed by atoms with Crippen LogP contribution in [0.2, 0.25) is 5.02 Å². The van der Waals surface area contributed by atoms with Crippen molar-refractivity contribution in [3.05, 3.63) is 41.0 Å². The van der Waals surface area contributed by atoms with Crippen LogP contribution in [0.4, 0.5) is 5.82 Å². The van der Waals surface area contributed by atoms with Crippen molar-refractivity contribution in [2.24, 2.45) is 0 Å². The van der Waals surface area contributed by atoms with E-state index < -0.39 is 6.10 Å². The van der Waals surface area contributed by atoms with Crippen LogP contribution in [0, 0.1) is 0 Å². The number of hydrogen-bond acceptors (Lipinski definition) is 3. The molecule has 18 heavy (non-hydrogen) atoms. The Morgan fingerprint density at radius 3 is 3.17 bits per heavy atom. The molecule has 0 saturated carbocycles. The molecule has 1 atom stereocenters. The van der Waals surface area contributed by atoms with Gasteiger partial charge in [0.25, 0.3) is 5.91 Å². The van der Waals surface area contributed by atoms with Gasteiger partial charge in [-0.1, -0.05) is 11.6 Å². The number of hydrogen-bond donors (Lipinski definition) is 2. The lowest BCUT2D eigenvalue weighted by Gasteiger charge is -2.09. The van der Waals surface area contributed by atoms with Gasteiger partial charge in [-0.2, -0.15) is 5.10 Å². The Morgan fingerprint density at radius 1 is 1.50 bits per heavy atom. The molecule has 1 aliphatic heterocycles. The predicted molar refractivity (Wildman–Crippen MR) is 66.8 cm³/mol. The Morgan fingerprint density at radius 2 is 2.39 bits per heavy atom. The molecule has 3 rings (SSSR count). The number of H-pyrrole nitrogens is 1. The molecule has 0 fully saturated rings. The maximum atomic E-state index is 11.9. The number of anilines is 1. The van der Waals surface area contributed by atoms with Crippen LogP contribution in [0.1, 0.15) is 5.56 Å². The molecule has 0 aliphatic carbocycles. The number of aromatic nitrogens is 2. The summed E-state index contributed by atoms with van der Waals surface area (Å²) in [5, 5.41) is 9.76. The number of benzene rings is 1. The normalized spacial score (nSPS) is 17.1. The first-order valence-electron chi connectivity index (χ1n) is 5.48. The molecule has 1 amide bonds. The lowest BCUT2D eigenvalue weighted by molar-refractivity contribution is -0.122. The molecule has 2 N–H and O–H groups in total. The van der Waals surface area contributed by atoms with E-state index >= 15 is 0 Å². The minimum Gasteiger partial charge on any atom is -0.480 e. The van der Waals surface area contributed by atoms with Gasteiger partial charge in [-0.25, -0.2) is 0 Å². The zero-order valence-corrected chi connectivity index (χ0v) is 10.1. The molecule has 1 aromatic carbocycles. The summed E-state index contributed by atoms with van der Waals surface area (Å²) in [6.07, 6.45) is 1.57. The molecule has 1 aliphatic rings. The van der Waals surface area contributed by atoms with Gasteiger partial charge in [-0.05, 0) is 23.8 Å². The summed E-state index contributed by atoms with van der Waals surface area (Å²) < 4.78 is 5.57. The third-order valence-corrected chi connectivity index (χ3v) is 2.98. The number of carbonyl (C=O) groups is 1. The number of carbonyl (C=O) groups excluding carboxylic acids is 1. The average molecular weight is 264 g/mol. The van der Waals surface area contributed by atoms with Crippen molar-refractivity contribution in [3.63, 3.8) is 0 Å².